The van der Waals surface area contributed by atoms with E-state index in [9.17, 15) is 0 Å². The molecule has 2 N–H and O–H groups in total. The van der Waals surface area contributed by atoms with E-state index >= 15 is 0 Å². The molecule has 0 radical (unpaired) electrons. The van der Waals surface area contributed by atoms with Gasteiger partial charge in [-0.1, -0.05) is 19.1 Å². The zero-order valence-corrected chi connectivity index (χ0v) is 12.3. The van der Waals surface area contributed by atoms with Crippen LogP contribution in [0.15, 0.2) is 24.3 Å². The molecule has 1 aliphatic heterocycles. The van der Waals surface area contributed by atoms with Gasteiger partial charge in [0.15, 0.2) is 0 Å². The van der Waals surface area contributed by atoms with Crippen molar-refractivity contribution in [3.05, 3.63) is 29.8 Å². The molecule has 1 unspecified atom stereocenters. The lowest BCUT2D eigenvalue weighted by Crippen LogP contribution is -2.40. The third-order valence-electron chi connectivity index (χ3n) is 4.16. The van der Waals surface area contributed by atoms with Crippen molar-refractivity contribution in [1.82, 2.24) is 9.80 Å². The molecular weight excluding hydrogens is 234 g/mol. The summed E-state index contributed by atoms with van der Waals surface area (Å²) in [7, 11) is 2.24. The molecule has 3 nitrogen and oxygen atoms in total. The van der Waals surface area contributed by atoms with Gasteiger partial charge in [-0.05, 0) is 57.1 Å². The summed E-state index contributed by atoms with van der Waals surface area (Å²) in [6.07, 6.45) is 3.65. The van der Waals surface area contributed by atoms with E-state index in [1.165, 1.54) is 38.0 Å². The molecule has 1 heterocycles. The minimum atomic E-state index is 0.710. The molecule has 19 heavy (non-hydrogen) atoms. The van der Waals surface area contributed by atoms with Crippen LogP contribution in [-0.2, 0) is 6.42 Å². The molecule has 1 saturated heterocycles. The summed E-state index contributed by atoms with van der Waals surface area (Å²) in [5, 5.41) is 0. The standard InChI is InChI=1S/C16H27N3/c1-3-16-13-18(2)10-4-11-19(16)12-9-14-5-7-15(17)8-6-14/h5-8,16H,3-4,9-13,17H2,1-2H3. The molecule has 0 aliphatic carbocycles. The smallest absolute Gasteiger partial charge is 0.0314 e. The van der Waals surface area contributed by atoms with Gasteiger partial charge < -0.3 is 10.6 Å². The monoisotopic (exact) mass is 261 g/mol. The van der Waals surface area contributed by atoms with Crippen LogP contribution >= 0.6 is 0 Å². The zero-order valence-electron chi connectivity index (χ0n) is 12.3. The molecule has 3 heteroatoms. The molecule has 106 valence electrons. The van der Waals surface area contributed by atoms with Crippen molar-refractivity contribution in [1.29, 1.82) is 0 Å². The molecule has 1 aliphatic rings. The first-order valence-corrected chi connectivity index (χ1v) is 7.46. The van der Waals surface area contributed by atoms with E-state index in [1.807, 2.05) is 12.1 Å². The molecule has 2 rings (SSSR count). The van der Waals surface area contributed by atoms with Crippen LogP contribution in [0.3, 0.4) is 0 Å². The summed E-state index contributed by atoms with van der Waals surface area (Å²) >= 11 is 0. The highest BCUT2D eigenvalue weighted by Crippen LogP contribution is 2.14. The lowest BCUT2D eigenvalue weighted by molar-refractivity contribution is 0.185. The predicted molar refractivity (Wildman–Crippen MR) is 82.3 cm³/mol. The Kier molecular flexibility index (Phi) is 5.23. The van der Waals surface area contributed by atoms with Crippen molar-refractivity contribution in [3.63, 3.8) is 0 Å². The average Bonchev–Trinajstić information content (AvgIpc) is 2.59. The average molecular weight is 261 g/mol. The number of benzene rings is 1. The first kappa shape index (κ1) is 14.4. The highest BCUT2D eigenvalue weighted by molar-refractivity contribution is 5.39. The Bertz CT molecular complexity index is 374. The lowest BCUT2D eigenvalue weighted by atomic mass is 10.1. The Hall–Kier alpha value is -1.06. The molecule has 0 bridgehead atoms. The van der Waals surface area contributed by atoms with Crippen LogP contribution in [0.25, 0.3) is 0 Å². The summed E-state index contributed by atoms with van der Waals surface area (Å²) in [6.45, 7) is 7.14. The molecule has 0 saturated carbocycles. The van der Waals surface area contributed by atoms with Crippen LogP contribution < -0.4 is 5.73 Å². The number of nitrogens with zero attached hydrogens (tertiary/aromatic N) is 2. The van der Waals surface area contributed by atoms with Crippen molar-refractivity contribution >= 4 is 5.69 Å². The van der Waals surface area contributed by atoms with E-state index in [0.29, 0.717) is 6.04 Å². The van der Waals surface area contributed by atoms with Gasteiger partial charge in [-0.3, -0.25) is 4.90 Å². The quantitative estimate of drug-likeness (QED) is 0.844. The third kappa shape index (κ3) is 4.22. The van der Waals surface area contributed by atoms with Gasteiger partial charge in [-0.15, -0.1) is 0 Å². The lowest BCUT2D eigenvalue weighted by Gasteiger charge is -2.30. The highest BCUT2D eigenvalue weighted by atomic mass is 15.2. The Morgan fingerprint density at radius 1 is 1.21 bits per heavy atom. The van der Waals surface area contributed by atoms with Gasteiger partial charge in [0.1, 0.15) is 0 Å². The maximum absolute atomic E-state index is 5.73. The number of likely N-dealkylation sites (N-methyl/N-ethyl adjacent to an activating group) is 1. The van der Waals surface area contributed by atoms with Crippen LogP contribution in [0.5, 0.6) is 0 Å². The van der Waals surface area contributed by atoms with Crippen molar-refractivity contribution in [2.24, 2.45) is 0 Å². The number of nitrogen functional groups attached to an aromatic ring is 1. The SMILES string of the molecule is CCC1CN(C)CCCN1CCc1ccc(N)cc1. The summed E-state index contributed by atoms with van der Waals surface area (Å²) in [5.41, 5.74) is 7.97. The number of hydrogen-bond acceptors (Lipinski definition) is 3. The Morgan fingerprint density at radius 2 is 1.95 bits per heavy atom. The Balaban J connectivity index is 1.91. The van der Waals surface area contributed by atoms with Crippen LogP contribution in [0.1, 0.15) is 25.3 Å². The maximum atomic E-state index is 5.73. The van der Waals surface area contributed by atoms with Crippen LogP contribution in [0.4, 0.5) is 5.69 Å². The van der Waals surface area contributed by atoms with Crippen LogP contribution in [0, 0.1) is 0 Å². The molecule has 0 amide bonds. The van der Waals surface area contributed by atoms with E-state index in [2.05, 4.69) is 35.9 Å². The molecule has 0 spiro atoms. The van der Waals surface area contributed by atoms with Gasteiger partial charge in [0, 0.05) is 24.8 Å². The minimum Gasteiger partial charge on any atom is -0.399 e. The van der Waals surface area contributed by atoms with Gasteiger partial charge in [-0.2, -0.15) is 0 Å². The summed E-state index contributed by atoms with van der Waals surface area (Å²) in [6, 6.07) is 9.02. The molecule has 1 atom stereocenters. The van der Waals surface area contributed by atoms with Crippen molar-refractivity contribution in [2.45, 2.75) is 32.2 Å². The van der Waals surface area contributed by atoms with Gasteiger partial charge in [0.2, 0.25) is 0 Å². The second-order valence-electron chi connectivity index (χ2n) is 5.71. The molecule has 1 aromatic carbocycles. The maximum Gasteiger partial charge on any atom is 0.0314 e. The number of rotatable bonds is 4. The molecule has 0 aromatic heterocycles. The van der Waals surface area contributed by atoms with E-state index in [-0.39, 0.29) is 0 Å². The van der Waals surface area contributed by atoms with Gasteiger partial charge >= 0.3 is 0 Å². The van der Waals surface area contributed by atoms with Gasteiger partial charge in [0.05, 0.1) is 0 Å². The fraction of sp³-hybridized carbons (Fsp3) is 0.625. The van der Waals surface area contributed by atoms with Crippen LogP contribution in [0.2, 0.25) is 0 Å². The van der Waals surface area contributed by atoms with Crippen molar-refractivity contribution < 1.29 is 0 Å². The first-order valence-electron chi connectivity index (χ1n) is 7.46. The molecule has 1 aromatic rings. The number of nitrogens with two attached hydrogens (primary N) is 1. The van der Waals surface area contributed by atoms with Gasteiger partial charge in [-0.25, -0.2) is 0 Å². The normalized spacial score (nSPS) is 22.3. The Morgan fingerprint density at radius 3 is 2.63 bits per heavy atom. The highest BCUT2D eigenvalue weighted by Gasteiger charge is 2.21. The Labute approximate surface area is 117 Å². The second-order valence-corrected chi connectivity index (χ2v) is 5.71. The van der Waals surface area contributed by atoms with Crippen LogP contribution in [-0.4, -0.2) is 49.1 Å². The largest absolute Gasteiger partial charge is 0.399 e. The van der Waals surface area contributed by atoms with E-state index < -0.39 is 0 Å². The summed E-state index contributed by atoms with van der Waals surface area (Å²) in [4.78, 5) is 5.14. The number of hydrogen-bond donors (Lipinski definition) is 1. The first-order chi connectivity index (χ1) is 9.19. The molecule has 1 fully saturated rings. The van der Waals surface area contributed by atoms with E-state index in [4.69, 9.17) is 5.73 Å². The second kappa shape index (κ2) is 6.92. The fourth-order valence-electron chi connectivity index (χ4n) is 2.93. The third-order valence-corrected chi connectivity index (χ3v) is 4.16. The zero-order chi connectivity index (χ0) is 13.7. The van der Waals surface area contributed by atoms with Gasteiger partial charge in [0.25, 0.3) is 0 Å². The van der Waals surface area contributed by atoms with Crippen molar-refractivity contribution in [3.8, 4) is 0 Å². The summed E-state index contributed by atoms with van der Waals surface area (Å²) in [5.74, 6) is 0. The van der Waals surface area contributed by atoms with E-state index in [1.54, 1.807) is 0 Å². The topological polar surface area (TPSA) is 32.5 Å². The summed E-state index contributed by atoms with van der Waals surface area (Å²) < 4.78 is 0. The fourth-order valence-corrected chi connectivity index (χ4v) is 2.93. The predicted octanol–water partition coefficient (Wildman–Crippen LogP) is 2.23. The number of anilines is 1. The molecular formula is C16H27N3. The minimum absolute atomic E-state index is 0.710. The van der Waals surface area contributed by atoms with E-state index in [0.717, 1.165) is 18.7 Å². The van der Waals surface area contributed by atoms with Crippen molar-refractivity contribution in [2.75, 3.05) is 39.0 Å².